The van der Waals surface area contributed by atoms with Crippen LogP contribution in [0.4, 0.5) is 18.9 Å². The molecule has 4 nitrogen and oxygen atoms in total. The van der Waals surface area contributed by atoms with E-state index in [-0.39, 0.29) is 34.3 Å². The second-order valence-electron chi connectivity index (χ2n) is 7.12. The van der Waals surface area contributed by atoms with E-state index in [2.05, 4.69) is 15.9 Å². The molecule has 1 aromatic heterocycles. The van der Waals surface area contributed by atoms with Gasteiger partial charge < -0.3 is 5.73 Å². The number of hydrogen-bond donors (Lipinski definition) is 1. The zero-order valence-electron chi connectivity index (χ0n) is 15.8. The van der Waals surface area contributed by atoms with Gasteiger partial charge in [0.25, 0.3) is 0 Å². The first-order valence-corrected chi connectivity index (χ1v) is 11.2. The van der Waals surface area contributed by atoms with Crippen LogP contribution in [0.25, 0.3) is 0 Å². The topological polar surface area (TPSA) is 70.1 Å². The molecule has 0 radical (unpaired) electrons. The second kappa shape index (κ2) is 8.01. The highest BCUT2D eigenvalue weighted by Gasteiger charge is 2.43. The van der Waals surface area contributed by atoms with Gasteiger partial charge in [0.2, 0.25) is 0 Å². The molecule has 1 aliphatic heterocycles. The minimum Gasteiger partial charge on any atom is -0.384 e. The van der Waals surface area contributed by atoms with Crippen molar-refractivity contribution in [3.05, 3.63) is 72.2 Å². The van der Waals surface area contributed by atoms with E-state index in [1.165, 1.54) is 28.4 Å². The number of rotatable bonds is 2. The number of nitrogens with two attached hydrogens (primary N) is 1. The predicted octanol–water partition coefficient (Wildman–Crippen LogP) is 6.49. The van der Waals surface area contributed by atoms with Crippen molar-refractivity contribution in [1.29, 1.82) is 5.26 Å². The van der Waals surface area contributed by atoms with Crippen molar-refractivity contribution in [3.8, 4) is 6.07 Å². The van der Waals surface area contributed by atoms with E-state index in [0.717, 1.165) is 14.7 Å². The maximum Gasteiger partial charge on any atom is 0.418 e. The first-order chi connectivity index (χ1) is 14.6. The van der Waals surface area contributed by atoms with Gasteiger partial charge in [-0.05, 0) is 59.1 Å². The molecule has 0 bridgehead atoms. The number of anilines is 1. The summed E-state index contributed by atoms with van der Waals surface area (Å²) in [6, 6.07) is 9.01. The lowest BCUT2D eigenvalue weighted by atomic mass is 9.78. The van der Waals surface area contributed by atoms with Crippen LogP contribution in [0.2, 0.25) is 5.02 Å². The van der Waals surface area contributed by atoms with Gasteiger partial charge >= 0.3 is 6.18 Å². The molecule has 0 spiro atoms. The quantitative estimate of drug-likeness (QED) is 0.484. The van der Waals surface area contributed by atoms with Gasteiger partial charge in [-0.1, -0.05) is 11.6 Å². The van der Waals surface area contributed by atoms with Gasteiger partial charge in [-0.25, -0.2) is 0 Å². The number of hydrogen-bond acceptors (Lipinski definition) is 5. The van der Waals surface area contributed by atoms with Crippen LogP contribution in [0.5, 0.6) is 0 Å². The fourth-order valence-electron chi connectivity index (χ4n) is 4.06. The van der Waals surface area contributed by atoms with Crippen LogP contribution in [0, 0.1) is 11.3 Å². The lowest BCUT2D eigenvalue weighted by molar-refractivity contribution is -0.137. The smallest absolute Gasteiger partial charge is 0.384 e. The van der Waals surface area contributed by atoms with Crippen molar-refractivity contribution < 1.29 is 18.0 Å². The molecule has 2 aromatic rings. The number of thiophene rings is 1. The molecule has 1 atom stereocenters. The Hall–Kier alpha value is -2.28. The summed E-state index contributed by atoms with van der Waals surface area (Å²) in [5.74, 6) is -1.01. The van der Waals surface area contributed by atoms with Gasteiger partial charge in [-0.2, -0.15) is 18.4 Å². The summed E-state index contributed by atoms with van der Waals surface area (Å²) in [4.78, 5) is 14.9. The third kappa shape index (κ3) is 3.77. The molecule has 0 saturated carbocycles. The van der Waals surface area contributed by atoms with Gasteiger partial charge in [-0.15, -0.1) is 11.3 Å². The lowest BCUT2D eigenvalue weighted by Crippen LogP contribution is -2.39. The van der Waals surface area contributed by atoms with Crippen LogP contribution < -0.4 is 10.6 Å². The maximum atomic E-state index is 13.8. The van der Waals surface area contributed by atoms with Crippen LogP contribution in [0.3, 0.4) is 0 Å². The van der Waals surface area contributed by atoms with Gasteiger partial charge in [0.1, 0.15) is 5.82 Å². The molecule has 31 heavy (non-hydrogen) atoms. The highest BCUT2D eigenvalue weighted by molar-refractivity contribution is 9.11. The number of benzene rings is 1. The normalized spacial score (nSPS) is 19.5. The van der Waals surface area contributed by atoms with E-state index in [0.29, 0.717) is 24.1 Å². The molecule has 4 rings (SSSR count). The molecule has 1 unspecified atom stereocenters. The van der Waals surface area contributed by atoms with E-state index < -0.39 is 17.7 Å². The molecule has 0 amide bonds. The molecule has 0 saturated heterocycles. The van der Waals surface area contributed by atoms with E-state index in [4.69, 9.17) is 17.3 Å². The molecule has 2 N–H and O–H groups in total. The van der Waals surface area contributed by atoms with Crippen molar-refractivity contribution >= 4 is 50.3 Å². The summed E-state index contributed by atoms with van der Waals surface area (Å²) in [6.07, 6.45) is -3.59. The summed E-state index contributed by atoms with van der Waals surface area (Å²) in [5, 5.41) is 9.84. The Morgan fingerprint density at radius 2 is 2.00 bits per heavy atom. The van der Waals surface area contributed by atoms with Gasteiger partial charge in [0.15, 0.2) is 5.78 Å². The molecule has 1 aliphatic carbocycles. The Morgan fingerprint density at radius 3 is 2.61 bits per heavy atom. The van der Waals surface area contributed by atoms with E-state index in [1.807, 2.05) is 6.07 Å². The Morgan fingerprint density at radius 1 is 1.26 bits per heavy atom. The third-order valence-electron chi connectivity index (χ3n) is 5.30. The Kier molecular flexibility index (Phi) is 5.66. The van der Waals surface area contributed by atoms with Crippen molar-refractivity contribution in [3.63, 3.8) is 0 Å². The summed E-state index contributed by atoms with van der Waals surface area (Å²) in [7, 11) is 0. The zero-order chi connectivity index (χ0) is 22.5. The molecule has 2 heterocycles. The van der Waals surface area contributed by atoms with Crippen LogP contribution in [-0.2, 0) is 11.0 Å². The molecule has 160 valence electrons. The Labute approximate surface area is 193 Å². The van der Waals surface area contributed by atoms with Crippen molar-refractivity contribution in [2.24, 2.45) is 5.73 Å². The van der Waals surface area contributed by atoms with E-state index in [9.17, 15) is 23.2 Å². The molecular weight excluding hydrogens is 515 g/mol. The predicted molar refractivity (Wildman–Crippen MR) is 116 cm³/mol. The first kappa shape index (κ1) is 21.9. The van der Waals surface area contributed by atoms with Crippen molar-refractivity contribution in [2.45, 2.75) is 31.4 Å². The summed E-state index contributed by atoms with van der Waals surface area (Å²) in [5.41, 5.74) is 5.87. The highest BCUT2D eigenvalue weighted by atomic mass is 79.9. The number of ketones is 1. The number of Topliss-reactive ketones (excluding diaryl/α,β-unsaturated/α-hetero) is 1. The van der Waals surface area contributed by atoms with Crippen LogP contribution in [0.15, 0.2) is 56.8 Å². The molecular formula is C21H14BrClF3N3OS. The maximum absolute atomic E-state index is 13.8. The number of carbonyl (C=O) groups is 1. The minimum atomic E-state index is -4.71. The minimum absolute atomic E-state index is 0.0476. The lowest BCUT2D eigenvalue weighted by Gasteiger charge is -2.40. The highest BCUT2D eigenvalue weighted by Crippen LogP contribution is 2.50. The Balaban J connectivity index is 2.02. The second-order valence-corrected chi connectivity index (χ2v) is 10.0. The van der Waals surface area contributed by atoms with Gasteiger partial charge in [-0.3, -0.25) is 9.69 Å². The molecule has 0 fully saturated rings. The molecule has 10 heteroatoms. The number of allylic oxidation sites excluding steroid dienone is 3. The summed E-state index contributed by atoms with van der Waals surface area (Å²) < 4.78 is 42.3. The zero-order valence-corrected chi connectivity index (χ0v) is 18.9. The molecule has 1 aromatic carbocycles. The SMILES string of the molecule is N#CC1=C(N)N(c2ccc(Cl)cc2C(F)(F)F)C2=C(C(=O)CCC2)C1c1ccc(Br)s1. The van der Waals surface area contributed by atoms with E-state index in [1.54, 1.807) is 12.1 Å². The van der Waals surface area contributed by atoms with Gasteiger partial charge in [0, 0.05) is 27.6 Å². The average Bonchev–Trinajstić information content (AvgIpc) is 3.13. The monoisotopic (exact) mass is 527 g/mol. The fraction of sp³-hybridized carbons (Fsp3) is 0.238. The number of alkyl halides is 3. The number of nitriles is 1. The third-order valence-corrected chi connectivity index (χ3v) is 7.22. The number of carbonyl (C=O) groups excluding carboxylic acids is 1. The number of halogens is 5. The van der Waals surface area contributed by atoms with Crippen molar-refractivity contribution in [2.75, 3.05) is 4.90 Å². The van der Waals surface area contributed by atoms with Crippen LogP contribution in [-0.4, -0.2) is 5.78 Å². The Bertz CT molecular complexity index is 1200. The summed E-state index contributed by atoms with van der Waals surface area (Å²) in [6.45, 7) is 0. The molecule has 2 aliphatic rings. The van der Waals surface area contributed by atoms with Crippen molar-refractivity contribution in [1.82, 2.24) is 0 Å². The standard InChI is InChI=1S/C21H14BrClF3N3OS/c22-17-7-6-16(31-17)18-11(9-27)20(28)29(14-2-1-3-15(30)19(14)18)13-5-4-10(23)8-12(13)21(24,25)26/h4-8,18H,1-3,28H2. The van der Waals surface area contributed by atoms with E-state index >= 15 is 0 Å². The van der Waals surface area contributed by atoms with Crippen LogP contribution in [0.1, 0.15) is 35.6 Å². The fourth-order valence-corrected chi connectivity index (χ4v) is 5.78. The van der Waals surface area contributed by atoms with Gasteiger partial charge in [0.05, 0.1) is 32.6 Å². The van der Waals surface area contributed by atoms with Crippen LogP contribution >= 0.6 is 38.9 Å². The largest absolute Gasteiger partial charge is 0.418 e. The first-order valence-electron chi connectivity index (χ1n) is 9.21. The number of nitrogens with zero attached hydrogens (tertiary/aromatic N) is 2. The average molecular weight is 529 g/mol. The summed E-state index contributed by atoms with van der Waals surface area (Å²) >= 11 is 10.6.